The maximum atomic E-state index is 13.7. The molecule has 3 heterocycles. The molecule has 2 aromatic heterocycles. The van der Waals surface area contributed by atoms with Gasteiger partial charge in [0.1, 0.15) is 17.4 Å². The van der Waals surface area contributed by atoms with Crippen LogP contribution in [0.2, 0.25) is 0 Å². The second-order valence-corrected chi connectivity index (χ2v) is 11.5. The molecule has 1 aromatic carbocycles. The Hall–Kier alpha value is -4.41. The van der Waals surface area contributed by atoms with Crippen molar-refractivity contribution in [2.75, 3.05) is 20.7 Å². The molecule has 2 saturated carbocycles. The lowest BCUT2D eigenvalue weighted by Crippen LogP contribution is -2.49. The molecule has 0 bridgehead atoms. The van der Waals surface area contributed by atoms with E-state index in [1.165, 1.54) is 0 Å². The number of nitrogens with one attached hydrogen (secondary N) is 1. The summed E-state index contributed by atoms with van der Waals surface area (Å²) >= 11 is 0. The van der Waals surface area contributed by atoms with Crippen LogP contribution < -0.4 is 14.8 Å². The predicted octanol–water partition coefficient (Wildman–Crippen LogP) is 3.36. The summed E-state index contributed by atoms with van der Waals surface area (Å²) in [5.74, 6) is -1.62. The smallest absolute Gasteiger partial charge is 0.330 e. The van der Waals surface area contributed by atoms with Gasteiger partial charge in [0.15, 0.2) is 5.82 Å². The summed E-state index contributed by atoms with van der Waals surface area (Å²) in [6.07, 6.45) is 10.3. The Morgan fingerprint density at radius 3 is 2.76 bits per heavy atom. The zero-order valence-electron chi connectivity index (χ0n) is 23.7. The molecule has 11 heteroatoms. The molecule has 42 heavy (non-hydrogen) atoms. The third-order valence-corrected chi connectivity index (χ3v) is 8.78. The number of carbonyl (C=O) groups is 3. The van der Waals surface area contributed by atoms with Crippen molar-refractivity contribution in [3.05, 3.63) is 54.9 Å². The highest BCUT2D eigenvalue weighted by Crippen LogP contribution is 2.46. The van der Waals surface area contributed by atoms with Gasteiger partial charge in [-0.2, -0.15) is 10.1 Å². The molecule has 5 atom stereocenters. The van der Waals surface area contributed by atoms with Gasteiger partial charge in [0.05, 0.1) is 18.9 Å². The van der Waals surface area contributed by atoms with E-state index < -0.39 is 35.4 Å². The molecule has 3 aliphatic rings. The van der Waals surface area contributed by atoms with Gasteiger partial charge in [0.25, 0.3) is 0 Å². The minimum atomic E-state index is -1.33. The van der Waals surface area contributed by atoms with Gasteiger partial charge >= 0.3 is 5.97 Å². The van der Waals surface area contributed by atoms with Crippen LogP contribution >= 0.6 is 0 Å². The highest BCUT2D eigenvalue weighted by Gasteiger charge is 2.61. The molecule has 0 saturated heterocycles. The summed E-state index contributed by atoms with van der Waals surface area (Å²) < 4.78 is 13.6. The highest BCUT2D eigenvalue weighted by molar-refractivity contribution is 5.94. The number of allylic oxidation sites excluding steroid dienone is 1. The second kappa shape index (κ2) is 11.1. The largest absolute Gasteiger partial charge is 0.497 e. The zero-order valence-corrected chi connectivity index (χ0v) is 23.7. The van der Waals surface area contributed by atoms with Crippen LogP contribution in [0.1, 0.15) is 38.5 Å². The van der Waals surface area contributed by atoms with Gasteiger partial charge in [-0.3, -0.25) is 9.59 Å². The molecule has 0 spiro atoms. The average molecular weight is 574 g/mol. The Morgan fingerprint density at radius 1 is 1.17 bits per heavy atom. The molecule has 2 N–H and O–H groups in total. The quantitative estimate of drug-likeness (QED) is 0.444. The van der Waals surface area contributed by atoms with Crippen LogP contribution in [0.3, 0.4) is 0 Å². The van der Waals surface area contributed by atoms with E-state index in [9.17, 15) is 19.5 Å². The van der Waals surface area contributed by atoms with Crippen molar-refractivity contribution in [1.29, 1.82) is 0 Å². The van der Waals surface area contributed by atoms with Gasteiger partial charge in [-0.15, -0.1) is 0 Å². The second-order valence-electron chi connectivity index (χ2n) is 11.5. The van der Waals surface area contributed by atoms with Gasteiger partial charge < -0.3 is 24.8 Å². The van der Waals surface area contributed by atoms with Crippen molar-refractivity contribution >= 4 is 28.6 Å². The monoisotopic (exact) mass is 573 g/mol. The molecule has 0 radical (unpaired) electrons. The number of rotatable bonds is 5. The van der Waals surface area contributed by atoms with Gasteiger partial charge in [-0.25, -0.2) is 9.48 Å². The van der Waals surface area contributed by atoms with Crippen LogP contribution in [0.4, 0.5) is 0 Å². The Morgan fingerprint density at radius 2 is 2.00 bits per heavy atom. The van der Waals surface area contributed by atoms with E-state index in [4.69, 9.17) is 14.5 Å². The van der Waals surface area contributed by atoms with Crippen molar-refractivity contribution in [3.8, 4) is 17.4 Å². The van der Waals surface area contributed by atoms with E-state index in [-0.39, 0.29) is 18.2 Å². The first-order chi connectivity index (χ1) is 20.3. The Kier molecular flexibility index (Phi) is 7.34. The first-order valence-electron chi connectivity index (χ1n) is 14.4. The van der Waals surface area contributed by atoms with Crippen molar-refractivity contribution in [2.45, 2.75) is 50.2 Å². The number of carboxylic acid groups (broad SMARTS) is 1. The summed E-state index contributed by atoms with van der Waals surface area (Å²) in [5.41, 5.74) is -1.33. The number of pyridine rings is 1. The number of aromatic nitrogens is 3. The molecular weight excluding hydrogens is 538 g/mol. The number of hydrogen-bond donors (Lipinski definition) is 2. The molecule has 11 nitrogen and oxygen atoms in total. The lowest BCUT2D eigenvalue weighted by Gasteiger charge is -2.26. The van der Waals surface area contributed by atoms with Gasteiger partial charge in [0, 0.05) is 37.3 Å². The number of carbonyl (C=O) groups excluding carboxylic acids is 2. The highest BCUT2D eigenvalue weighted by atomic mass is 16.5. The van der Waals surface area contributed by atoms with Crippen LogP contribution in [0.15, 0.2) is 54.9 Å². The topological polar surface area (TPSA) is 136 Å². The Balaban J connectivity index is 1.32. The summed E-state index contributed by atoms with van der Waals surface area (Å²) in [7, 11) is 3.37. The molecular formula is C31H35N5O6. The van der Waals surface area contributed by atoms with Gasteiger partial charge in [-0.05, 0) is 74.2 Å². The number of benzene rings is 1. The minimum Gasteiger partial charge on any atom is -0.497 e. The molecule has 3 aromatic rings. The summed E-state index contributed by atoms with van der Waals surface area (Å²) in [6, 6.07) is 9.28. The van der Waals surface area contributed by atoms with E-state index in [0.717, 1.165) is 30.0 Å². The average Bonchev–Trinajstić information content (AvgIpc) is 3.31. The molecule has 6 rings (SSSR count). The molecule has 5 unspecified atom stereocenters. The number of fused-ring (bicyclic) bond motifs is 3. The number of nitrogens with zero attached hydrogens (tertiary/aromatic N) is 4. The number of carboxylic acids is 1. The molecule has 1 aliphatic heterocycles. The number of amides is 2. The maximum Gasteiger partial charge on any atom is 0.330 e. The fraction of sp³-hybridized carbons (Fsp3) is 0.452. The Labute approximate surface area is 243 Å². The van der Waals surface area contributed by atoms with E-state index in [1.54, 1.807) is 42.2 Å². The molecule has 2 aliphatic carbocycles. The SMILES string of the molecule is COc1ccc2c(OC3CC4C(=O)NC5(C(=O)O)CC5/C=C/CCCCN(C)C(=O)C4C3)nc(-n3cccn3)cc2c1. The number of hydrogen-bond acceptors (Lipinski definition) is 7. The normalized spacial score (nSPS) is 28.8. The van der Waals surface area contributed by atoms with Crippen molar-refractivity contribution in [1.82, 2.24) is 25.0 Å². The lowest BCUT2D eigenvalue weighted by molar-refractivity contribution is -0.145. The molecule has 2 amide bonds. The van der Waals surface area contributed by atoms with Crippen LogP contribution in [-0.4, -0.2) is 74.9 Å². The number of methoxy groups -OCH3 is 1. The van der Waals surface area contributed by atoms with Crippen LogP contribution in [0.5, 0.6) is 11.6 Å². The first kappa shape index (κ1) is 27.7. The van der Waals surface area contributed by atoms with E-state index >= 15 is 0 Å². The van der Waals surface area contributed by atoms with Crippen molar-refractivity contribution < 1.29 is 29.0 Å². The van der Waals surface area contributed by atoms with Crippen LogP contribution in [0, 0.1) is 17.8 Å². The third-order valence-electron chi connectivity index (χ3n) is 8.78. The van der Waals surface area contributed by atoms with E-state index in [2.05, 4.69) is 10.4 Å². The van der Waals surface area contributed by atoms with E-state index in [0.29, 0.717) is 36.8 Å². The molecule has 220 valence electrons. The van der Waals surface area contributed by atoms with Crippen LogP contribution in [-0.2, 0) is 14.4 Å². The van der Waals surface area contributed by atoms with E-state index in [1.807, 2.05) is 36.4 Å². The van der Waals surface area contributed by atoms with Crippen molar-refractivity contribution in [2.24, 2.45) is 17.8 Å². The number of ether oxygens (including phenoxy) is 2. The maximum absolute atomic E-state index is 13.7. The number of aliphatic carboxylic acids is 1. The van der Waals surface area contributed by atoms with Crippen LogP contribution in [0.25, 0.3) is 16.6 Å². The fourth-order valence-electron chi connectivity index (χ4n) is 6.28. The first-order valence-corrected chi connectivity index (χ1v) is 14.4. The standard InChI is InChI=1S/C31H35N5O6/c1-35-12-6-4-3-5-8-20-18-31(20,30(39)40)34-27(37)24-16-22(17-25(24)29(35)38)42-28-23-10-9-21(41-2)14-19(23)15-26(33-28)36-13-7-11-32-36/h5,7-11,13-15,20,22,24-25H,3-4,6,12,16-18H2,1-2H3,(H,34,37)(H,39,40)/b8-5+. The summed E-state index contributed by atoms with van der Waals surface area (Å²) in [6.45, 7) is 0.589. The van der Waals surface area contributed by atoms with Gasteiger partial charge in [0.2, 0.25) is 17.7 Å². The predicted molar refractivity (Wildman–Crippen MR) is 153 cm³/mol. The van der Waals surface area contributed by atoms with Gasteiger partial charge in [-0.1, -0.05) is 12.2 Å². The fourth-order valence-corrected chi connectivity index (χ4v) is 6.28. The zero-order chi connectivity index (χ0) is 29.4. The summed E-state index contributed by atoms with van der Waals surface area (Å²) in [5, 5.41) is 18.7. The van der Waals surface area contributed by atoms with Crippen molar-refractivity contribution in [3.63, 3.8) is 0 Å². The minimum absolute atomic E-state index is 0.126. The lowest BCUT2D eigenvalue weighted by atomic mass is 9.93. The Bertz CT molecular complexity index is 1540. The molecule has 2 fully saturated rings. The third kappa shape index (κ3) is 5.19. The summed E-state index contributed by atoms with van der Waals surface area (Å²) in [4.78, 5) is 46.0.